The van der Waals surface area contributed by atoms with E-state index >= 15 is 0 Å². The van der Waals surface area contributed by atoms with Crippen LogP contribution < -0.4 is 5.32 Å². The first-order valence-electron chi connectivity index (χ1n) is 10.4. The van der Waals surface area contributed by atoms with Crippen LogP contribution in [0.4, 0.5) is 9.39 Å². The highest BCUT2D eigenvalue weighted by molar-refractivity contribution is 7.99. The molecule has 0 spiro atoms. The number of anilines is 1. The van der Waals surface area contributed by atoms with Crippen molar-refractivity contribution in [3.05, 3.63) is 58.3 Å². The Balaban J connectivity index is 1.45. The number of carbonyl (C=O) groups excluding carboxylic acids is 2. The van der Waals surface area contributed by atoms with Crippen LogP contribution in [0.2, 0.25) is 0 Å². The van der Waals surface area contributed by atoms with E-state index in [1.807, 2.05) is 0 Å². The van der Waals surface area contributed by atoms with E-state index in [9.17, 15) is 14.0 Å². The molecule has 0 fully saturated rings. The predicted octanol–water partition coefficient (Wildman–Crippen LogP) is 5.13. The van der Waals surface area contributed by atoms with Gasteiger partial charge in [-0.2, -0.15) is 0 Å². The van der Waals surface area contributed by atoms with Crippen LogP contribution in [0.15, 0.2) is 41.7 Å². The van der Waals surface area contributed by atoms with Gasteiger partial charge in [0.05, 0.1) is 23.6 Å². The number of nitrogens with one attached hydrogen (secondary N) is 1. The normalized spacial score (nSPS) is 12.8. The van der Waals surface area contributed by atoms with Crippen molar-refractivity contribution in [2.24, 2.45) is 0 Å². The molecule has 0 saturated carbocycles. The van der Waals surface area contributed by atoms with E-state index in [-0.39, 0.29) is 30.1 Å². The van der Waals surface area contributed by atoms with Crippen molar-refractivity contribution in [3.8, 4) is 11.3 Å². The smallest absolute Gasteiger partial charge is 0.341 e. The van der Waals surface area contributed by atoms with E-state index in [4.69, 9.17) is 4.74 Å². The van der Waals surface area contributed by atoms with E-state index in [1.165, 1.54) is 35.2 Å². The molecule has 4 rings (SSSR count). The highest BCUT2D eigenvalue weighted by Gasteiger charge is 2.27. The Morgan fingerprint density at radius 3 is 2.75 bits per heavy atom. The average molecular weight is 472 g/mol. The molecule has 0 unspecified atom stereocenters. The second kappa shape index (κ2) is 10.2. The van der Waals surface area contributed by atoms with Crippen LogP contribution in [-0.2, 0) is 22.4 Å². The number of thiophene rings is 1. The molecule has 3 aromatic rings. The number of amides is 1. The second-order valence-corrected chi connectivity index (χ2v) is 9.25. The Morgan fingerprint density at radius 2 is 1.97 bits per heavy atom. The predicted molar refractivity (Wildman–Crippen MR) is 124 cm³/mol. The molecule has 0 aliphatic heterocycles. The van der Waals surface area contributed by atoms with Gasteiger partial charge in [0, 0.05) is 16.6 Å². The van der Waals surface area contributed by atoms with Crippen molar-refractivity contribution >= 4 is 40.0 Å². The van der Waals surface area contributed by atoms with Gasteiger partial charge in [0.15, 0.2) is 5.16 Å². The van der Waals surface area contributed by atoms with E-state index < -0.39 is 0 Å². The zero-order valence-electron chi connectivity index (χ0n) is 17.5. The van der Waals surface area contributed by atoms with Gasteiger partial charge >= 0.3 is 5.97 Å². The third-order valence-electron chi connectivity index (χ3n) is 5.01. The van der Waals surface area contributed by atoms with Crippen molar-refractivity contribution in [2.75, 3.05) is 17.7 Å². The van der Waals surface area contributed by atoms with Gasteiger partial charge in [0.25, 0.3) is 0 Å². The van der Waals surface area contributed by atoms with Gasteiger partial charge in [-0.05, 0) is 68.5 Å². The third kappa shape index (κ3) is 5.16. The maximum absolute atomic E-state index is 13.2. The number of esters is 1. The summed E-state index contributed by atoms with van der Waals surface area (Å²) < 4.78 is 18.4. The number of thioether (sulfide) groups is 1. The van der Waals surface area contributed by atoms with E-state index in [0.717, 1.165) is 41.7 Å². The van der Waals surface area contributed by atoms with E-state index in [0.29, 0.717) is 21.4 Å². The number of aryl methyl sites for hydroxylation is 1. The van der Waals surface area contributed by atoms with Gasteiger partial charge in [0.1, 0.15) is 10.8 Å². The van der Waals surface area contributed by atoms with E-state index in [1.54, 1.807) is 31.3 Å². The Hall–Kier alpha value is -2.78. The van der Waals surface area contributed by atoms with Crippen molar-refractivity contribution in [2.45, 2.75) is 37.8 Å². The average Bonchev–Trinajstić information content (AvgIpc) is 3.16. The van der Waals surface area contributed by atoms with Crippen molar-refractivity contribution < 1.29 is 18.7 Å². The van der Waals surface area contributed by atoms with Gasteiger partial charge < -0.3 is 10.1 Å². The van der Waals surface area contributed by atoms with Gasteiger partial charge in [-0.3, -0.25) is 4.79 Å². The van der Waals surface area contributed by atoms with Crippen LogP contribution in [0.25, 0.3) is 11.3 Å². The summed E-state index contributed by atoms with van der Waals surface area (Å²) in [6.45, 7) is 2.06. The number of hydrogen-bond donors (Lipinski definition) is 1. The summed E-state index contributed by atoms with van der Waals surface area (Å²) in [6.07, 6.45) is 5.47. The molecule has 9 heteroatoms. The fourth-order valence-electron chi connectivity index (χ4n) is 3.56. The minimum absolute atomic E-state index is 0.0949. The summed E-state index contributed by atoms with van der Waals surface area (Å²) in [5, 5.41) is 3.89. The Morgan fingerprint density at radius 1 is 1.19 bits per heavy atom. The summed E-state index contributed by atoms with van der Waals surface area (Å²) >= 11 is 2.66. The van der Waals surface area contributed by atoms with E-state index in [2.05, 4.69) is 15.3 Å². The summed E-state index contributed by atoms with van der Waals surface area (Å²) in [5.41, 5.74) is 2.93. The molecule has 2 aromatic heterocycles. The summed E-state index contributed by atoms with van der Waals surface area (Å²) in [7, 11) is 0. The number of nitrogens with zero attached hydrogens (tertiary/aromatic N) is 2. The highest BCUT2D eigenvalue weighted by Crippen LogP contribution is 2.38. The minimum Gasteiger partial charge on any atom is -0.462 e. The Bertz CT molecular complexity index is 1130. The summed E-state index contributed by atoms with van der Waals surface area (Å²) in [4.78, 5) is 35.0. The molecule has 1 aromatic carbocycles. The molecule has 0 bridgehead atoms. The van der Waals surface area contributed by atoms with Crippen LogP contribution in [0.1, 0.15) is 40.6 Å². The molecule has 1 N–H and O–H groups in total. The largest absolute Gasteiger partial charge is 0.462 e. The molecule has 32 heavy (non-hydrogen) atoms. The topological polar surface area (TPSA) is 81.2 Å². The summed E-state index contributed by atoms with van der Waals surface area (Å²) in [5.74, 6) is -0.843. The first-order valence-corrected chi connectivity index (χ1v) is 12.2. The van der Waals surface area contributed by atoms with Gasteiger partial charge in [-0.1, -0.05) is 11.8 Å². The zero-order valence-corrected chi connectivity index (χ0v) is 19.2. The van der Waals surface area contributed by atoms with Crippen LogP contribution in [-0.4, -0.2) is 34.2 Å². The zero-order chi connectivity index (χ0) is 22.5. The van der Waals surface area contributed by atoms with Gasteiger partial charge in [-0.15, -0.1) is 11.3 Å². The number of fused-ring (bicyclic) bond motifs is 1. The number of carbonyl (C=O) groups is 2. The van der Waals surface area contributed by atoms with Gasteiger partial charge in [-0.25, -0.2) is 19.2 Å². The lowest BCUT2D eigenvalue weighted by Gasteiger charge is -2.12. The first-order chi connectivity index (χ1) is 15.5. The van der Waals surface area contributed by atoms with Crippen LogP contribution >= 0.6 is 23.1 Å². The molecule has 0 radical (unpaired) electrons. The number of rotatable bonds is 7. The van der Waals surface area contributed by atoms with Crippen molar-refractivity contribution in [1.82, 2.24) is 9.97 Å². The molecule has 0 saturated heterocycles. The van der Waals surface area contributed by atoms with Crippen molar-refractivity contribution in [1.29, 1.82) is 0 Å². The number of hydrogen-bond acceptors (Lipinski definition) is 7. The Labute approximate surface area is 193 Å². The lowest BCUT2D eigenvalue weighted by atomic mass is 9.95. The maximum atomic E-state index is 13.2. The molecular weight excluding hydrogens is 449 g/mol. The van der Waals surface area contributed by atoms with Crippen LogP contribution in [0, 0.1) is 5.82 Å². The number of ether oxygens (including phenoxy) is 1. The maximum Gasteiger partial charge on any atom is 0.341 e. The van der Waals surface area contributed by atoms with Crippen LogP contribution in [0.5, 0.6) is 0 Å². The van der Waals surface area contributed by atoms with Crippen molar-refractivity contribution in [3.63, 3.8) is 0 Å². The monoisotopic (exact) mass is 471 g/mol. The molecule has 1 amide bonds. The number of halogens is 1. The lowest BCUT2D eigenvalue weighted by Crippen LogP contribution is -2.17. The molecular formula is C23H22FN3O3S2. The van der Waals surface area contributed by atoms with Gasteiger partial charge in [0.2, 0.25) is 5.91 Å². The fraction of sp³-hybridized carbons (Fsp3) is 0.304. The Kier molecular flexibility index (Phi) is 7.16. The molecule has 1 aliphatic rings. The molecule has 166 valence electrons. The highest BCUT2D eigenvalue weighted by atomic mass is 32.2. The van der Waals surface area contributed by atoms with Crippen LogP contribution in [0.3, 0.4) is 0 Å². The lowest BCUT2D eigenvalue weighted by molar-refractivity contribution is -0.113. The number of benzene rings is 1. The SMILES string of the molecule is CCOC(=O)c1c(NC(=O)CSc2nccc(-c3ccc(F)cc3)n2)sc2c1CCCC2. The number of aromatic nitrogens is 2. The third-order valence-corrected chi connectivity index (χ3v) is 7.08. The molecule has 0 atom stereocenters. The first kappa shape index (κ1) is 22.4. The molecule has 2 heterocycles. The fourth-order valence-corrected chi connectivity index (χ4v) is 5.48. The molecule has 1 aliphatic carbocycles. The molecule has 6 nitrogen and oxygen atoms in total. The standard InChI is InChI=1S/C23H22FN3O3S2/c1-2-30-22(29)20-16-5-3-4-6-18(16)32-21(20)27-19(28)13-31-23-25-12-11-17(26-23)14-7-9-15(24)10-8-14/h7-12H,2-6,13H2,1H3,(H,27,28). The minimum atomic E-state index is -0.384. The summed E-state index contributed by atoms with van der Waals surface area (Å²) in [6, 6.07) is 7.78. The quantitative estimate of drug-likeness (QED) is 0.292. The second-order valence-electron chi connectivity index (χ2n) is 7.20.